The molecule has 0 radical (unpaired) electrons. The SMILES string of the molecule is CC(O)C(C)SCc1ccccc1C#CCCO. The van der Waals surface area contributed by atoms with Gasteiger partial charge in [-0.1, -0.05) is 37.0 Å². The molecule has 3 heteroatoms. The van der Waals surface area contributed by atoms with Crippen LogP contribution < -0.4 is 0 Å². The molecule has 1 aromatic carbocycles. The molecule has 0 aliphatic heterocycles. The summed E-state index contributed by atoms with van der Waals surface area (Å²) in [7, 11) is 0. The maximum atomic E-state index is 9.46. The zero-order chi connectivity index (χ0) is 13.4. The third-order valence-corrected chi connectivity index (χ3v) is 4.06. The van der Waals surface area contributed by atoms with Crippen molar-refractivity contribution in [2.45, 2.75) is 37.4 Å². The molecule has 1 aromatic rings. The number of hydrogen-bond acceptors (Lipinski definition) is 3. The molecule has 0 aromatic heterocycles. The molecule has 2 N–H and O–H groups in total. The van der Waals surface area contributed by atoms with E-state index in [2.05, 4.69) is 17.9 Å². The monoisotopic (exact) mass is 264 g/mol. The molecule has 0 aliphatic rings. The van der Waals surface area contributed by atoms with Crippen LogP contribution in [0.2, 0.25) is 0 Å². The van der Waals surface area contributed by atoms with Crippen molar-refractivity contribution in [3.63, 3.8) is 0 Å². The van der Waals surface area contributed by atoms with Gasteiger partial charge in [0.2, 0.25) is 0 Å². The molecule has 18 heavy (non-hydrogen) atoms. The van der Waals surface area contributed by atoms with Gasteiger partial charge >= 0.3 is 0 Å². The van der Waals surface area contributed by atoms with E-state index in [1.807, 2.05) is 32.0 Å². The number of thioether (sulfide) groups is 1. The van der Waals surface area contributed by atoms with Crippen LogP contribution >= 0.6 is 11.8 Å². The molecule has 0 bridgehead atoms. The highest BCUT2D eigenvalue weighted by Crippen LogP contribution is 2.22. The second kappa shape index (κ2) is 8.20. The minimum Gasteiger partial charge on any atom is -0.395 e. The lowest BCUT2D eigenvalue weighted by atomic mass is 10.1. The number of hydrogen-bond donors (Lipinski definition) is 2. The van der Waals surface area contributed by atoms with Gasteiger partial charge in [0.15, 0.2) is 0 Å². The Morgan fingerprint density at radius 3 is 2.67 bits per heavy atom. The van der Waals surface area contributed by atoms with E-state index in [0.29, 0.717) is 6.42 Å². The van der Waals surface area contributed by atoms with Crippen LogP contribution in [0, 0.1) is 11.8 Å². The molecular formula is C15H20O2S. The van der Waals surface area contributed by atoms with Crippen LogP contribution in [0.3, 0.4) is 0 Å². The summed E-state index contributed by atoms with van der Waals surface area (Å²) in [6, 6.07) is 8.02. The van der Waals surface area contributed by atoms with Crippen molar-refractivity contribution in [1.82, 2.24) is 0 Å². The highest BCUT2D eigenvalue weighted by Gasteiger charge is 2.10. The summed E-state index contributed by atoms with van der Waals surface area (Å²) >= 11 is 1.72. The molecule has 2 nitrogen and oxygen atoms in total. The average Bonchev–Trinajstić information content (AvgIpc) is 2.37. The van der Waals surface area contributed by atoms with Crippen LogP contribution in [0.15, 0.2) is 24.3 Å². The van der Waals surface area contributed by atoms with Gasteiger partial charge in [0.1, 0.15) is 0 Å². The van der Waals surface area contributed by atoms with Crippen molar-refractivity contribution in [2.75, 3.05) is 6.61 Å². The molecule has 0 fully saturated rings. The van der Waals surface area contributed by atoms with E-state index >= 15 is 0 Å². The molecule has 1 rings (SSSR count). The minimum absolute atomic E-state index is 0.100. The predicted octanol–water partition coefficient (Wildman–Crippen LogP) is 2.42. The smallest absolute Gasteiger partial charge is 0.0628 e. The van der Waals surface area contributed by atoms with Crippen LogP contribution in [-0.4, -0.2) is 28.2 Å². The fraction of sp³-hybridized carbons (Fsp3) is 0.467. The first kappa shape index (κ1) is 15.1. The zero-order valence-electron chi connectivity index (χ0n) is 10.9. The quantitative estimate of drug-likeness (QED) is 0.802. The Morgan fingerprint density at radius 2 is 2.00 bits per heavy atom. The lowest BCUT2D eigenvalue weighted by molar-refractivity contribution is 0.196. The van der Waals surface area contributed by atoms with Crippen molar-refractivity contribution in [3.05, 3.63) is 35.4 Å². The van der Waals surface area contributed by atoms with Gasteiger partial charge in [-0.05, 0) is 18.6 Å². The summed E-state index contributed by atoms with van der Waals surface area (Å²) in [5.74, 6) is 6.87. The molecule has 2 atom stereocenters. The van der Waals surface area contributed by atoms with Gasteiger partial charge in [0, 0.05) is 23.0 Å². The number of benzene rings is 1. The van der Waals surface area contributed by atoms with E-state index in [1.54, 1.807) is 11.8 Å². The summed E-state index contributed by atoms with van der Waals surface area (Å²) < 4.78 is 0. The summed E-state index contributed by atoms with van der Waals surface area (Å²) in [5.41, 5.74) is 2.19. The molecule has 0 heterocycles. The van der Waals surface area contributed by atoms with Crippen LogP contribution in [0.5, 0.6) is 0 Å². The zero-order valence-corrected chi connectivity index (χ0v) is 11.7. The molecule has 0 amide bonds. The minimum atomic E-state index is -0.303. The Bertz CT molecular complexity index is 418. The first-order valence-corrected chi connectivity index (χ1v) is 7.17. The van der Waals surface area contributed by atoms with Gasteiger partial charge in [0.25, 0.3) is 0 Å². The largest absolute Gasteiger partial charge is 0.395 e. The van der Waals surface area contributed by atoms with E-state index in [1.165, 1.54) is 5.56 Å². The van der Waals surface area contributed by atoms with E-state index < -0.39 is 0 Å². The van der Waals surface area contributed by atoms with E-state index in [-0.39, 0.29) is 18.0 Å². The van der Waals surface area contributed by atoms with Crippen molar-refractivity contribution in [3.8, 4) is 11.8 Å². The summed E-state index contributed by atoms with van der Waals surface area (Å²) in [4.78, 5) is 0. The molecule has 2 unspecified atom stereocenters. The van der Waals surface area contributed by atoms with E-state index in [9.17, 15) is 5.11 Å². The lowest BCUT2D eigenvalue weighted by Crippen LogP contribution is -2.15. The normalized spacial score (nSPS) is 13.6. The van der Waals surface area contributed by atoms with Crippen LogP contribution in [0.1, 0.15) is 31.4 Å². The molecule has 0 saturated heterocycles. The fourth-order valence-electron chi connectivity index (χ4n) is 1.34. The third-order valence-electron chi connectivity index (χ3n) is 2.66. The van der Waals surface area contributed by atoms with Gasteiger partial charge < -0.3 is 10.2 Å². The maximum Gasteiger partial charge on any atom is 0.0628 e. The van der Waals surface area contributed by atoms with Crippen molar-refractivity contribution in [1.29, 1.82) is 0 Å². The average molecular weight is 264 g/mol. The standard InChI is InChI=1S/C15H20O2S/c1-12(17)13(2)18-11-15-9-4-3-7-14(15)8-5-6-10-16/h3-4,7,9,12-13,16-17H,6,10-11H2,1-2H3. The van der Waals surface area contributed by atoms with Crippen molar-refractivity contribution in [2.24, 2.45) is 0 Å². The van der Waals surface area contributed by atoms with Gasteiger partial charge in [-0.15, -0.1) is 0 Å². The second-order valence-corrected chi connectivity index (χ2v) is 5.55. The Balaban J connectivity index is 2.68. The third kappa shape index (κ3) is 5.14. The molecular weight excluding hydrogens is 244 g/mol. The fourth-order valence-corrected chi connectivity index (χ4v) is 2.31. The van der Waals surface area contributed by atoms with Crippen molar-refractivity contribution >= 4 is 11.8 Å². The summed E-state index contributed by atoms with van der Waals surface area (Å²) in [5, 5.41) is 18.4. The van der Waals surface area contributed by atoms with Crippen LogP contribution in [0.25, 0.3) is 0 Å². The highest BCUT2D eigenvalue weighted by atomic mass is 32.2. The number of rotatable bonds is 5. The highest BCUT2D eigenvalue weighted by molar-refractivity contribution is 7.99. The molecule has 98 valence electrons. The van der Waals surface area contributed by atoms with Gasteiger partial charge in [-0.3, -0.25) is 0 Å². The molecule has 0 saturated carbocycles. The lowest BCUT2D eigenvalue weighted by Gasteiger charge is -2.14. The van der Waals surface area contributed by atoms with Gasteiger partial charge in [0.05, 0.1) is 12.7 Å². The van der Waals surface area contributed by atoms with Gasteiger partial charge in [-0.2, -0.15) is 11.8 Å². The summed E-state index contributed by atoms with van der Waals surface area (Å²) in [6.07, 6.45) is 0.202. The Morgan fingerprint density at radius 1 is 1.28 bits per heavy atom. The first-order chi connectivity index (χ1) is 8.65. The van der Waals surface area contributed by atoms with E-state index in [4.69, 9.17) is 5.11 Å². The molecule has 0 spiro atoms. The van der Waals surface area contributed by atoms with Crippen LogP contribution in [-0.2, 0) is 5.75 Å². The predicted molar refractivity (Wildman–Crippen MR) is 77.5 cm³/mol. The first-order valence-electron chi connectivity index (χ1n) is 6.12. The second-order valence-electron chi connectivity index (χ2n) is 4.19. The van der Waals surface area contributed by atoms with Gasteiger partial charge in [-0.25, -0.2) is 0 Å². The topological polar surface area (TPSA) is 40.5 Å². The Labute approximate surface area is 113 Å². The van der Waals surface area contributed by atoms with Crippen LogP contribution in [0.4, 0.5) is 0 Å². The maximum absolute atomic E-state index is 9.46. The number of aliphatic hydroxyl groups is 2. The molecule has 0 aliphatic carbocycles. The van der Waals surface area contributed by atoms with E-state index in [0.717, 1.165) is 11.3 Å². The van der Waals surface area contributed by atoms with Crippen molar-refractivity contribution < 1.29 is 10.2 Å². The Kier molecular flexibility index (Phi) is 6.89. The Hall–Kier alpha value is -0.950. The summed E-state index contributed by atoms with van der Waals surface area (Å²) in [6.45, 7) is 3.93. The number of aliphatic hydroxyl groups excluding tert-OH is 2.